The van der Waals surface area contributed by atoms with Crippen molar-refractivity contribution in [2.24, 2.45) is 0 Å². The van der Waals surface area contributed by atoms with E-state index in [1.54, 1.807) is 30.3 Å². The van der Waals surface area contributed by atoms with E-state index in [9.17, 15) is 14.7 Å². The minimum Gasteiger partial charge on any atom is -0.507 e. The van der Waals surface area contributed by atoms with Crippen molar-refractivity contribution in [3.05, 3.63) is 34.7 Å². The van der Waals surface area contributed by atoms with E-state index in [1.165, 1.54) is 4.90 Å². The standard InChI is InChI=1S/C14H15NO3S/c1-3-9(2)15-13(17)12(19-14(15)18)8-10-6-4-5-7-11(10)16/h4-9,16H,3H2,1-2H3/b12-8+/t9-/m1/s1. The molecule has 1 aromatic carbocycles. The van der Waals surface area contributed by atoms with Crippen molar-refractivity contribution in [2.75, 3.05) is 0 Å². The molecule has 4 nitrogen and oxygen atoms in total. The molecule has 0 bridgehead atoms. The monoisotopic (exact) mass is 277 g/mol. The van der Waals surface area contributed by atoms with E-state index >= 15 is 0 Å². The van der Waals surface area contributed by atoms with E-state index in [0.717, 1.165) is 18.2 Å². The Morgan fingerprint density at radius 3 is 2.68 bits per heavy atom. The van der Waals surface area contributed by atoms with E-state index in [1.807, 2.05) is 13.8 Å². The van der Waals surface area contributed by atoms with E-state index in [-0.39, 0.29) is 22.9 Å². The fraction of sp³-hybridized carbons (Fsp3) is 0.286. The van der Waals surface area contributed by atoms with Crippen LogP contribution in [0.5, 0.6) is 5.75 Å². The molecule has 0 aromatic heterocycles. The summed E-state index contributed by atoms with van der Waals surface area (Å²) in [7, 11) is 0. The van der Waals surface area contributed by atoms with Crippen molar-refractivity contribution in [3.8, 4) is 5.75 Å². The highest BCUT2D eigenvalue weighted by atomic mass is 32.2. The van der Waals surface area contributed by atoms with Gasteiger partial charge in [-0.3, -0.25) is 14.5 Å². The zero-order valence-corrected chi connectivity index (χ0v) is 11.6. The number of hydrogen-bond donors (Lipinski definition) is 1. The molecule has 2 amide bonds. The number of carbonyl (C=O) groups is 2. The van der Waals surface area contributed by atoms with Crippen LogP contribution in [0.25, 0.3) is 6.08 Å². The van der Waals surface area contributed by atoms with Gasteiger partial charge in [0.25, 0.3) is 11.1 Å². The molecule has 1 fully saturated rings. The molecule has 1 N–H and O–H groups in total. The maximum atomic E-state index is 12.2. The first-order chi connectivity index (χ1) is 9.04. The first kappa shape index (κ1) is 13.7. The average Bonchev–Trinajstić information content (AvgIpc) is 2.66. The molecule has 19 heavy (non-hydrogen) atoms. The first-order valence-corrected chi connectivity index (χ1v) is 6.91. The largest absolute Gasteiger partial charge is 0.507 e. The minimum absolute atomic E-state index is 0.0952. The van der Waals surface area contributed by atoms with Gasteiger partial charge in [0.1, 0.15) is 5.75 Å². The number of phenols is 1. The third-order valence-electron chi connectivity index (χ3n) is 3.08. The number of nitrogens with zero attached hydrogens (tertiary/aromatic N) is 1. The van der Waals surface area contributed by atoms with Crippen LogP contribution in [-0.4, -0.2) is 27.2 Å². The fourth-order valence-corrected chi connectivity index (χ4v) is 2.71. The summed E-state index contributed by atoms with van der Waals surface area (Å²) in [5.41, 5.74) is 0.539. The molecule has 5 heteroatoms. The molecule has 1 aliphatic heterocycles. The topological polar surface area (TPSA) is 57.6 Å². The molecule has 0 aliphatic carbocycles. The van der Waals surface area contributed by atoms with Crippen LogP contribution in [0.2, 0.25) is 0 Å². The van der Waals surface area contributed by atoms with Crippen LogP contribution in [-0.2, 0) is 4.79 Å². The quantitative estimate of drug-likeness (QED) is 0.862. The van der Waals surface area contributed by atoms with E-state index in [0.29, 0.717) is 10.5 Å². The second-order valence-electron chi connectivity index (χ2n) is 4.37. The predicted molar refractivity (Wildman–Crippen MR) is 75.7 cm³/mol. The highest BCUT2D eigenvalue weighted by molar-refractivity contribution is 8.18. The number of benzene rings is 1. The number of rotatable bonds is 3. The fourth-order valence-electron chi connectivity index (χ4n) is 1.79. The number of imide groups is 1. The molecule has 100 valence electrons. The van der Waals surface area contributed by atoms with Gasteiger partial charge >= 0.3 is 0 Å². The van der Waals surface area contributed by atoms with Crippen molar-refractivity contribution in [3.63, 3.8) is 0 Å². The van der Waals surface area contributed by atoms with Gasteiger partial charge in [-0.1, -0.05) is 25.1 Å². The number of para-hydroxylation sites is 1. The molecule has 1 atom stereocenters. The number of carbonyl (C=O) groups excluding carboxylic acids is 2. The molecule has 0 radical (unpaired) electrons. The minimum atomic E-state index is -0.285. The second kappa shape index (κ2) is 5.48. The molecule has 1 saturated heterocycles. The molecule has 0 unspecified atom stereocenters. The molecule has 1 aliphatic rings. The van der Waals surface area contributed by atoms with E-state index < -0.39 is 0 Å². The van der Waals surface area contributed by atoms with Crippen LogP contribution in [0, 0.1) is 0 Å². The highest BCUT2D eigenvalue weighted by Crippen LogP contribution is 2.35. The van der Waals surface area contributed by atoms with Gasteiger partial charge in [0.05, 0.1) is 4.91 Å². The molecule has 2 rings (SSSR count). The zero-order chi connectivity index (χ0) is 14.0. The van der Waals surface area contributed by atoms with Crippen LogP contribution >= 0.6 is 11.8 Å². The summed E-state index contributed by atoms with van der Waals surface area (Å²) in [6.45, 7) is 3.78. The van der Waals surface area contributed by atoms with Crippen molar-refractivity contribution in [2.45, 2.75) is 26.3 Å². The Morgan fingerprint density at radius 1 is 1.37 bits per heavy atom. The molecular formula is C14H15NO3S. The third kappa shape index (κ3) is 2.66. The Bertz CT molecular complexity index is 553. The summed E-state index contributed by atoms with van der Waals surface area (Å²) in [4.78, 5) is 25.6. The Kier molecular flexibility index (Phi) is 3.95. The maximum absolute atomic E-state index is 12.2. The van der Waals surface area contributed by atoms with Gasteiger partial charge in [0.2, 0.25) is 0 Å². The van der Waals surface area contributed by atoms with Crippen molar-refractivity contribution in [1.29, 1.82) is 0 Å². The van der Waals surface area contributed by atoms with Crippen LogP contribution in [0.1, 0.15) is 25.8 Å². The second-order valence-corrected chi connectivity index (χ2v) is 5.36. The van der Waals surface area contributed by atoms with Gasteiger partial charge in [-0.25, -0.2) is 0 Å². The number of hydrogen-bond acceptors (Lipinski definition) is 4. The lowest BCUT2D eigenvalue weighted by Gasteiger charge is -2.19. The van der Waals surface area contributed by atoms with Gasteiger partial charge in [-0.05, 0) is 37.2 Å². The Labute approximate surface area is 116 Å². The van der Waals surface area contributed by atoms with Gasteiger partial charge in [0, 0.05) is 11.6 Å². The molecule has 0 saturated carbocycles. The average molecular weight is 277 g/mol. The summed E-state index contributed by atoms with van der Waals surface area (Å²) < 4.78 is 0. The zero-order valence-electron chi connectivity index (χ0n) is 10.8. The predicted octanol–water partition coefficient (Wildman–Crippen LogP) is 3.23. The summed E-state index contributed by atoms with van der Waals surface area (Å²) >= 11 is 0.916. The van der Waals surface area contributed by atoms with Gasteiger partial charge < -0.3 is 5.11 Å². The molecule has 1 heterocycles. The smallest absolute Gasteiger partial charge is 0.293 e. The van der Waals surface area contributed by atoms with Crippen molar-refractivity contribution >= 4 is 29.0 Å². The lowest BCUT2D eigenvalue weighted by molar-refractivity contribution is -0.124. The summed E-state index contributed by atoms with van der Waals surface area (Å²) in [6, 6.07) is 6.61. The number of amides is 2. The van der Waals surface area contributed by atoms with Gasteiger partial charge in [0.15, 0.2) is 0 Å². The SMILES string of the molecule is CC[C@@H](C)N1C(=O)S/C(=C/c2ccccc2O)C1=O. The van der Waals surface area contributed by atoms with Crippen molar-refractivity contribution in [1.82, 2.24) is 4.90 Å². The third-order valence-corrected chi connectivity index (χ3v) is 3.96. The van der Waals surface area contributed by atoms with Crippen LogP contribution in [0.4, 0.5) is 4.79 Å². The molecule has 0 spiro atoms. The summed E-state index contributed by atoms with van der Waals surface area (Å²) in [5, 5.41) is 9.43. The molecular weight excluding hydrogens is 262 g/mol. The molecule has 1 aromatic rings. The van der Waals surface area contributed by atoms with Crippen LogP contribution in [0.3, 0.4) is 0 Å². The van der Waals surface area contributed by atoms with E-state index in [4.69, 9.17) is 0 Å². The summed E-state index contributed by atoms with van der Waals surface area (Å²) in [5.74, 6) is -0.189. The number of thioether (sulfide) groups is 1. The van der Waals surface area contributed by atoms with Gasteiger partial charge in [-0.2, -0.15) is 0 Å². The van der Waals surface area contributed by atoms with E-state index in [2.05, 4.69) is 0 Å². The van der Waals surface area contributed by atoms with Crippen LogP contribution in [0.15, 0.2) is 29.2 Å². The Balaban J connectivity index is 2.31. The lowest BCUT2D eigenvalue weighted by Crippen LogP contribution is -2.36. The number of aromatic hydroxyl groups is 1. The van der Waals surface area contributed by atoms with Gasteiger partial charge in [-0.15, -0.1) is 0 Å². The number of phenolic OH excluding ortho intramolecular Hbond substituents is 1. The van der Waals surface area contributed by atoms with Crippen LogP contribution < -0.4 is 0 Å². The highest BCUT2D eigenvalue weighted by Gasteiger charge is 2.37. The Hall–Kier alpha value is -1.75. The maximum Gasteiger partial charge on any atom is 0.293 e. The first-order valence-electron chi connectivity index (χ1n) is 6.09. The summed E-state index contributed by atoms with van der Waals surface area (Å²) in [6.07, 6.45) is 2.28. The normalized spacial score (nSPS) is 19.3. The Morgan fingerprint density at radius 2 is 2.05 bits per heavy atom. The van der Waals surface area contributed by atoms with Crippen molar-refractivity contribution < 1.29 is 14.7 Å². The lowest BCUT2D eigenvalue weighted by atomic mass is 10.1.